The van der Waals surface area contributed by atoms with Gasteiger partial charge >= 0.3 is 0 Å². The number of imidazole rings is 1. The standard InChI is InChI=1S/C21H17ClN4O2S/c1-29(27,28)26-18-13-16(7-8-17(18)22)20-19(14-9-11-23-12-10-14)24-21(25-20)15-5-3-2-4-6-15/h2-13,26H,1H3,(H,24,25). The third kappa shape index (κ3) is 4.31. The number of aromatic amines is 1. The largest absolute Gasteiger partial charge is 0.337 e. The summed E-state index contributed by atoms with van der Waals surface area (Å²) in [5.74, 6) is 0.708. The first-order chi connectivity index (χ1) is 13.9. The number of anilines is 1. The number of hydrogen-bond donors (Lipinski definition) is 2. The van der Waals surface area contributed by atoms with Gasteiger partial charge in [-0.05, 0) is 24.3 Å². The van der Waals surface area contributed by atoms with Gasteiger partial charge in [0.25, 0.3) is 0 Å². The highest BCUT2D eigenvalue weighted by Crippen LogP contribution is 2.35. The van der Waals surface area contributed by atoms with E-state index in [0.717, 1.165) is 34.3 Å². The van der Waals surface area contributed by atoms with Crippen molar-refractivity contribution in [2.24, 2.45) is 0 Å². The fourth-order valence-corrected chi connectivity index (χ4v) is 3.78. The van der Waals surface area contributed by atoms with Crippen molar-refractivity contribution in [2.75, 3.05) is 11.0 Å². The number of halogens is 1. The van der Waals surface area contributed by atoms with Crippen LogP contribution in [-0.2, 0) is 10.0 Å². The molecule has 0 fully saturated rings. The second-order valence-corrected chi connectivity index (χ2v) is 8.64. The number of aromatic nitrogens is 3. The van der Waals surface area contributed by atoms with Crippen LogP contribution >= 0.6 is 11.6 Å². The third-order valence-corrected chi connectivity index (χ3v) is 5.18. The maximum atomic E-state index is 11.7. The topological polar surface area (TPSA) is 87.7 Å². The van der Waals surface area contributed by atoms with Gasteiger partial charge in [-0.25, -0.2) is 13.4 Å². The number of benzene rings is 2. The Bertz CT molecular complexity index is 1260. The zero-order valence-electron chi connectivity index (χ0n) is 15.4. The van der Waals surface area contributed by atoms with Crippen LogP contribution in [0.2, 0.25) is 5.02 Å². The Morgan fingerprint density at radius 2 is 1.66 bits per heavy atom. The van der Waals surface area contributed by atoms with Gasteiger partial charge in [0, 0.05) is 29.1 Å². The molecule has 0 spiro atoms. The van der Waals surface area contributed by atoms with Gasteiger partial charge in [0.15, 0.2) is 0 Å². The van der Waals surface area contributed by atoms with Crippen LogP contribution in [0.5, 0.6) is 0 Å². The minimum absolute atomic E-state index is 0.309. The minimum Gasteiger partial charge on any atom is -0.337 e. The molecule has 29 heavy (non-hydrogen) atoms. The van der Waals surface area contributed by atoms with Crippen LogP contribution < -0.4 is 4.72 Å². The zero-order chi connectivity index (χ0) is 20.4. The quantitative estimate of drug-likeness (QED) is 0.480. The maximum absolute atomic E-state index is 11.7. The molecule has 6 nitrogen and oxygen atoms in total. The van der Waals surface area contributed by atoms with E-state index in [0.29, 0.717) is 16.5 Å². The van der Waals surface area contributed by atoms with E-state index < -0.39 is 10.0 Å². The van der Waals surface area contributed by atoms with E-state index in [1.165, 1.54) is 0 Å². The summed E-state index contributed by atoms with van der Waals surface area (Å²) in [6.45, 7) is 0. The zero-order valence-corrected chi connectivity index (χ0v) is 17.0. The molecule has 0 aliphatic heterocycles. The molecule has 4 rings (SSSR count). The summed E-state index contributed by atoms with van der Waals surface area (Å²) in [7, 11) is -3.47. The van der Waals surface area contributed by atoms with Crippen LogP contribution in [0.25, 0.3) is 33.9 Å². The highest BCUT2D eigenvalue weighted by molar-refractivity contribution is 7.92. The van der Waals surface area contributed by atoms with Crippen LogP contribution in [0.3, 0.4) is 0 Å². The molecule has 0 bridgehead atoms. The number of nitrogens with zero attached hydrogens (tertiary/aromatic N) is 2. The van der Waals surface area contributed by atoms with Gasteiger partial charge in [0.1, 0.15) is 5.82 Å². The molecule has 2 N–H and O–H groups in total. The molecule has 2 heterocycles. The SMILES string of the molecule is CS(=O)(=O)Nc1cc(-c2[nH]c(-c3ccccc3)nc2-c2ccncc2)ccc1Cl. The summed E-state index contributed by atoms with van der Waals surface area (Å²) in [6, 6.07) is 18.7. The van der Waals surface area contributed by atoms with Crippen molar-refractivity contribution in [1.29, 1.82) is 0 Å². The number of nitrogens with one attached hydrogen (secondary N) is 2. The molecule has 8 heteroatoms. The van der Waals surface area contributed by atoms with Gasteiger partial charge < -0.3 is 4.98 Å². The predicted molar refractivity (Wildman–Crippen MR) is 116 cm³/mol. The van der Waals surface area contributed by atoms with E-state index in [9.17, 15) is 8.42 Å². The van der Waals surface area contributed by atoms with E-state index in [-0.39, 0.29) is 0 Å². The molecule has 2 aromatic heterocycles. The lowest BCUT2D eigenvalue weighted by Crippen LogP contribution is -2.10. The Morgan fingerprint density at radius 1 is 0.931 bits per heavy atom. The van der Waals surface area contributed by atoms with Crippen LogP contribution in [0.4, 0.5) is 5.69 Å². The molecule has 0 saturated carbocycles. The van der Waals surface area contributed by atoms with Gasteiger partial charge in [-0.3, -0.25) is 9.71 Å². The molecule has 0 saturated heterocycles. The Kier molecular flexibility index (Phi) is 5.08. The van der Waals surface area contributed by atoms with Crippen molar-refractivity contribution in [2.45, 2.75) is 0 Å². The normalized spacial score (nSPS) is 11.4. The lowest BCUT2D eigenvalue weighted by Gasteiger charge is -2.09. The molecule has 4 aromatic rings. The van der Waals surface area contributed by atoms with Crippen molar-refractivity contribution in [3.63, 3.8) is 0 Å². The Morgan fingerprint density at radius 3 is 2.34 bits per heavy atom. The third-order valence-electron chi connectivity index (χ3n) is 4.26. The summed E-state index contributed by atoms with van der Waals surface area (Å²) >= 11 is 6.19. The summed E-state index contributed by atoms with van der Waals surface area (Å²) in [5, 5.41) is 0.312. The molecule has 0 aliphatic rings. The first-order valence-electron chi connectivity index (χ1n) is 8.74. The summed E-state index contributed by atoms with van der Waals surface area (Å²) in [4.78, 5) is 12.2. The molecular formula is C21H17ClN4O2S. The average molecular weight is 425 g/mol. The molecule has 0 aliphatic carbocycles. The fourth-order valence-electron chi connectivity index (χ4n) is 2.99. The first kappa shape index (κ1) is 19.2. The highest BCUT2D eigenvalue weighted by atomic mass is 35.5. The lowest BCUT2D eigenvalue weighted by molar-refractivity contribution is 0.607. The molecule has 0 atom stereocenters. The number of sulfonamides is 1. The lowest BCUT2D eigenvalue weighted by atomic mass is 10.1. The van der Waals surface area contributed by atoms with Crippen molar-refractivity contribution in [3.8, 4) is 33.9 Å². The molecule has 146 valence electrons. The highest BCUT2D eigenvalue weighted by Gasteiger charge is 2.17. The summed E-state index contributed by atoms with van der Waals surface area (Å²) in [5.41, 5.74) is 4.38. The molecule has 0 amide bonds. The maximum Gasteiger partial charge on any atom is 0.229 e. The van der Waals surface area contributed by atoms with E-state index in [1.807, 2.05) is 48.5 Å². The number of pyridine rings is 1. The van der Waals surface area contributed by atoms with E-state index in [4.69, 9.17) is 16.6 Å². The van der Waals surface area contributed by atoms with Crippen LogP contribution in [0.15, 0.2) is 73.1 Å². The fraction of sp³-hybridized carbons (Fsp3) is 0.0476. The molecular weight excluding hydrogens is 408 g/mol. The summed E-state index contributed by atoms with van der Waals surface area (Å²) in [6.07, 6.45) is 4.49. The average Bonchev–Trinajstić information content (AvgIpc) is 3.15. The number of H-pyrrole nitrogens is 1. The first-order valence-corrected chi connectivity index (χ1v) is 11.0. The van der Waals surface area contributed by atoms with E-state index in [2.05, 4.69) is 14.7 Å². The number of hydrogen-bond acceptors (Lipinski definition) is 4. The van der Waals surface area contributed by atoms with Crippen molar-refractivity contribution < 1.29 is 8.42 Å². The number of rotatable bonds is 5. The van der Waals surface area contributed by atoms with Crippen LogP contribution in [-0.4, -0.2) is 29.6 Å². The molecule has 0 radical (unpaired) electrons. The second kappa shape index (κ2) is 7.69. The predicted octanol–water partition coefficient (Wildman–Crippen LogP) is 4.83. The molecule has 0 unspecified atom stereocenters. The Balaban J connectivity index is 1.89. The van der Waals surface area contributed by atoms with Gasteiger partial charge in [0.05, 0.1) is 28.4 Å². The van der Waals surface area contributed by atoms with Gasteiger partial charge in [-0.1, -0.05) is 48.0 Å². The van der Waals surface area contributed by atoms with E-state index >= 15 is 0 Å². The van der Waals surface area contributed by atoms with Gasteiger partial charge in [0.2, 0.25) is 10.0 Å². The van der Waals surface area contributed by atoms with Gasteiger partial charge in [-0.15, -0.1) is 0 Å². The van der Waals surface area contributed by atoms with Gasteiger partial charge in [-0.2, -0.15) is 0 Å². The Hall–Kier alpha value is -3.16. The minimum atomic E-state index is -3.47. The molecule has 2 aromatic carbocycles. The summed E-state index contributed by atoms with van der Waals surface area (Å²) < 4.78 is 25.8. The van der Waals surface area contributed by atoms with Crippen LogP contribution in [0, 0.1) is 0 Å². The Labute approximate surface area is 173 Å². The monoisotopic (exact) mass is 424 g/mol. The van der Waals surface area contributed by atoms with Crippen molar-refractivity contribution in [3.05, 3.63) is 78.1 Å². The van der Waals surface area contributed by atoms with Crippen molar-refractivity contribution in [1.82, 2.24) is 15.0 Å². The van der Waals surface area contributed by atoms with Crippen molar-refractivity contribution >= 4 is 27.3 Å². The second-order valence-electron chi connectivity index (χ2n) is 6.48. The van der Waals surface area contributed by atoms with E-state index in [1.54, 1.807) is 24.5 Å². The smallest absolute Gasteiger partial charge is 0.229 e. The van der Waals surface area contributed by atoms with Crippen LogP contribution in [0.1, 0.15) is 0 Å².